The molecule has 1 aromatic heterocycles. The van der Waals surface area contributed by atoms with Crippen LogP contribution in [0.15, 0.2) is 53.1 Å². The Hall–Kier alpha value is -3.48. The lowest BCUT2D eigenvalue weighted by atomic mass is 10.1. The fourth-order valence-corrected chi connectivity index (χ4v) is 3.20. The van der Waals surface area contributed by atoms with Gasteiger partial charge in [0.25, 0.3) is 11.8 Å². The Morgan fingerprint density at radius 3 is 2.34 bits per heavy atom. The first-order chi connectivity index (χ1) is 14.2. The molecule has 0 radical (unpaired) electrons. The summed E-state index contributed by atoms with van der Waals surface area (Å²) in [6, 6.07) is 14.2. The molecule has 1 aliphatic rings. The Morgan fingerprint density at radius 1 is 1.00 bits per heavy atom. The quantitative estimate of drug-likeness (QED) is 0.544. The lowest BCUT2D eigenvalue weighted by Gasteiger charge is -2.14. The minimum atomic E-state index is -0.277. The maximum atomic E-state index is 12.3. The van der Waals surface area contributed by atoms with E-state index in [1.165, 1.54) is 4.90 Å². The molecular weight excluding hydrogens is 370 g/mol. The van der Waals surface area contributed by atoms with Crippen molar-refractivity contribution in [1.29, 1.82) is 0 Å². The third-order valence-corrected chi connectivity index (χ3v) is 4.79. The van der Waals surface area contributed by atoms with E-state index in [0.717, 1.165) is 24.8 Å². The zero-order chi connectivity index (χ0) is 20.2. The number of amides is 2. The van der Waals surface area contributed by atoms with Crippen molar-refractivity contribution in [2.45, 2.75) is 26.2 Å². The van der Waals surface area contributed by atoms with Crippen molar-refractivity contribution >= 4 is 11.8 Å². The van der Waals surface area contributed by atoms with Gasteiger partial charge < -0.3 is 9.26 Å². The van der Waals surface area contributed by atoms with E-state index in [-0.39, 0.29) is 25.0 Å². The van der Waals surface area contributed by atoms with E-state index in [0.29, 0.717) is 28.6 Å². The first-order valence-electron chi connectivity index (χ1n) is 9.68. The number of fused-ring (bicyclic) bond motifs is 1. The van der Waals surface area contributed by atoms with E-state index >= 15 is 0 Å². The van der Waals surface area contributed by atoms with E-state index in [4.69, 9.17) is 9.26 Å². The zero-order valence-electron chi connectivity index (χ0n) is 16.1. The van der Waals surface area contributed by atoms with Crippen molar-refractivity contribution in [3.05, 3.63) is 65.5 Å². The highest BCUT2D eigenvalue weighted by molar-refractivity contribution is 6.21. The Bertz CT molecular complexity index is 992. The molecule has 2 aromatic carbocycles. The molecule has 0 aliphatic carbocycles. The van der Waals surface area contributed by atoms with Gasteiger partial charge in [-0.05, 0) is 42.8 Å². The number of ether oxygens (including phenoxy) is 1. The average molecular weight is 391 g/mol. The van der Waals surface area contributed by atoms with Crippen LogP contribution in [0.1, 0.15) is 46.4 Å². The molecule has 7 heteroatoms. The van der Waals surface area contributed by atoms with Crippen LogP contribution in [0.5, 0.6) is 5.75 Å². The molecule has 0 saturated heterocycles. The number of aryl methyl sites for hydroxylation is 1. The molecule has 7 nitrogen and oxygen atoms in total. The predicted octanol–water partition coefficient (Wildman–Crippen LogP) is 3.75. The Labute approximate surface area is 168 Å². The van der Waals surface area contributed by atoms with E-state index in [2.05, 4.69) is 17.1 Å². The van der Waals surface area contributed by atoms with Gasteiger partial charge in [-0.2, -0.15) is 4.98 Å². The van der Waals surface area contributed by atoms with Crippen molar-refractivity contribution in [2.75, 3.05) is 13.2 Å². The van der Waals surface area contributed by atoms with Gasteiger partial charge in [-0.3, -0.25) is 14.5 Å². The Balaban J connectivity index is 1.33. The van der Waals surface area contributed by atoms with Crippen LogP contribution in [0.4, 0.5) is 0 Å². The van der Waals surface area contributed by atoms with Crippen LogP contribution in [0.25, 0.3) is 11.4 Å². The zero-order valence-corrected chi connectivity index (χ0v) is 16.1. The molecule has 2 heterocycles. The summed E-state index contributed by atoms with van der Waals surface area (Å²) >= 11 is 0. The minimum absolute atomic E-state index is 0.194. The summed E-state index contributed by atoms with van der Waals surface area (Å²) in [7, 11) is 0. The van der Waals surface area contributed by atoms with Crippen LogP contribution >= 0.6 is 0 Å². The molecule has 0 unspecified atom stereocenters. The summed E-state index contributed by atoms with van der Waals surface area (Å²) in [6.45, 7) is 2.53. The molecule has 29 heavy (non-hydrogen) atoms. The normalized spacial score (nSPS) is 13.1. The summed E-state index contributed by atoms with van der Waals surface area (Å²) in [5.41, 5.74) is 1.73. The maximum Gasteiger partial charge on any atom is 0.261 e. The molecule has 1 aliphatic heterocycles. The van der Waals surface area contributed by atoms with Crippen LogP contribution in [-0.4, -0.2) is 40.0 Å². The number of rotatable bonds is 8. The monoisotopic (exact) mass is 391 g/mol. The van der Waals surface area contributed by atoms with Gasteiger partial charge in [0.2, 0.25) is 11.7 Å². The van der Waals surface area contributed by atoms with Gasteiger partial charge in [0.05, 0.1) is 17.7 Å². The summed E-state index contributed by atoms with van der Waals surface area (Å²) < 4.78 is 11.0. The lowest BCUT2D eigenvalue weighted by Crippen LogP contribution is -2.33. The number of nitrogens with zero attached hydrogens (tertiary/aromatic N) is 3. The van der Waals surface area contributed by atoms with Gasteiger partial charge in [0.1, 0.15) is 12.4 Å². The SMILES string of the molecule is CCCCc1nc(-c2ccc(OCCN3C(=O)c4ccccc4C3=O)cc2)no1. The van der Waals surface area contributed by atoms with Crippen LogP contribution < -0.4 is 4.74 Å². The number of carbonyl (C=O) groups is 2. The summed E-state index contributed by atoms with van der Waals surface area (Å²) in [6.07, 6.45) is 2.87. The molecule has 4 rings (SSSR count). The third kappa shape index (κ3) is 3.89. The fraction of sp³-hybridized carbons (Fsp3) is 0.273. The van der Waals surface area contributed by atoms with E-state index < -0.39 is 0 Å². The maximum absolute atomic E-state index is 12.3. The summed E-state index contributed by atoms with van der Waals surface area (Å²) in [4.78, 5) is 30.3. The molecule has 0 spiro atoms. The number of hydrogen-bond acceptors (Lipinski definition) is 6. The van der Waals surface area contributed by atoms with Gasteiger partial charge >= 0.3 is 0 Å². The number of benzene rings is 2. The fourth-order valence-electron chi connectivity index (χ4n) is 3.20. The topological polar surface area (TPSA) is 85.5 Å². The Morgan fingerprint density at radius 2 is 1.69 bits per heavy atom. The van der Waals surface area contributed by atoms with Crippen molar-refractivity contribution < 1.29 is 18.8 Å². The second kappa shape index (κ2) is 8.26. The first kappa shape index (κ1) is 18.9. The molecule has 0 atom stereocenters. The van der Waals surface area contributed by atoms with Crippen molar-refractivity contribution in [3.63, 3.8) is 0 Å². The Kier molecular flexibility index (Phi) is 5.37. The van der Waals surface area contributed by atoms with Crippen LogP contribution in [0.2, 0.25) is 0 Å². The molecule has 0 saturated carbocycles. The smallest absolute Gasteiger partial charge is 0.261 e. The van der Waals surface area contributed by atoms with E-state index in [9.17, 15) is 9.59 Å². The van der Waals surface area contributed by atoms with Gasteiger partial charge in [-0.25, -0.2) is 0 Å². The van der Waals surface area contributed by atoms with Crippen molar-refractivity contribution in [3.8, 4) is 17.1 Å². The second-order valence-corrected chi connectivity index (χ2v) is 6.80. The third-order valence-electron chi connectivity index (χ3n) is 4.79. The summed E-state index contributed by atoms with van der Waals surface area (Å²) in [5, 5.41) is 4.01. The molecule has 0 N–H and O–H groups in total. The van der Waals surface area contributed by atoms with Crippen LogP contribution in [-0.2, 0) is 6.42 Å². The van der Waals surface area contributed by atoms with Crippen molar-refractivity contribution in [1.82, 2.24) is 15.0 Å². The lowest BCUT2D eigenvalue weighted by molar-refractivity contribution is 0.0631. The largest absolute Gasteiger partial charge is 0.492 e. The predicted molar refractivity (Wildman–Crippen MR) is 106 cm³/mol. The summed E-state index contributed by atoms with van der Waals surface area (Å²) in [5.74, 6) is 1.28. The average Bonchev–Trinajstić information content (AvgIpc) is 3.32. The van der Waals surface area contributed by atoms with Gasteiger partial charge in [-0.1, -0.05) is 30.6 Å². The van der Waals surface area contributed by atoms with Gasteiger partial charge in [0, 0.05) is 12.0 Å². The number of hydrogen-bond donors (Lipinski definition) is 0. The number of carbonyl (C=O) groups excluding carboxylic acids is 2. The highest BCUT2D eigenvalue weighted by atomic mass is 16.5. The standard InChI is InChI=1S/C22H21N3O4/c1-2-3-8-19-23-20(24-29-19)15-9-11-16(12-10-15)28-14-13-25-21(26)17-6-4-5-7-18(17)22(25)27/h4-7,9-12H,2-3,8,13-14H2,1H3. The minimum Gasteiger partial charge on any atom is -0.492 e. The van der Waals surface area contributed by atoms with Gasteiger partial charge in [0.15, 0.2) is 0 Å². The number of aromatic nitrogens is 2. The molecule has 0 fully saturated rings. The number of unbranched alkanes of at least 4 members (excludes halogenated alkanes) is 1. The molecule has 2 amide bonds. The van der Waals surface area contributed by atoms with Crippen LogP contribution in [0, 0.1) is 0 Å². The molecule has 0 bridgehead atoms. The van der Waals surface area contributed by atoms with Gasteiger partial charge in [-0.15, -0.1) is 0 Å². The highest BCUT2D eigenvalue weighted by Gasteiger charge is 2.34. The molecule has 148 valence electrons. The van der Waals surface area contributed by atoms with Crippen molar-refractivity contribution in [2.24, 2.45) is 0 Å². The number of imide groups is 1. The van der Waals surface area contributed by atoms with E-state index in [1.54, 1.807) is 36.4 Å². The molecular formula is C22H21N3O4. The van der Waals surface area contributed by atoms with E-state index in [1.807, 2.05) is 12.1 Å². The highest BCUT2D eigenvalue weighted by Crippen LogP contribution is 2.23. The second-order valence-electron chi connectivity index (χ2n) is 6.80. The first-order valence-corrected chi connectivity index (χ1v) is 9.68. The van der Waals surface area contributed by atoms with Crippen LogP contribution in [0.3, 0.4) is 0 Å². The molecule has 3 aromatic rings.